The molecule has 0 atom stereocenters. The highest BCUT2D eigenvalue weighted by Gasteiger charge is 2.36. The Kier molecular flexibility index (Phi) is 15.7. The minimum atomic E-state index is 0.254. The Hall–Kier alpha value is -1.77. The van der Waals surface area contributed by atoms with Crippen LogP contribution in [0.15, 0.2) is 24.3 Å². The van der Waals surface area contributed by atoms with E-state index in [1.807, 2.05) is 34.0 Å². The van der Waals surface area contributed by atoms with E-state index in [1.165, 1.54) is 167 Å². The van der Waals surface area contributed by atoms with Crippen LogP contribution in [0.4, 0.5) is 0 Å². The molecule has 5 aromatic heterocycles. The summed E-state index contributed by atoms with van der Waals surface area (Å²) in [5, 5.41) is 0. The molecule has 6 heterocycles. The zero-order valence-corrected chi connectivity index (χ0v) is 37.3. The van der Waals surface area contributed by atoms with E-state index in [2.05, 4.69) is 86.5 Å². The maximum Gasteiger partial charge on any atom is 0.256 e. The Balaban J connectivity index is 1.29. The molecule has 0 aliphatic carbocycles. The van der Waals surface area contributed by atoms with Gasteiger partial charge in [-0.1, -0.05) is 117 Å². The molecule has 5 aromatic rings. The molecule has 0 saturated carbocycles. The van der Waals surface area contributed by atoms with Crippen LogP contribution in [-0.4, -0.2) is 17.4 Å². The van der Waals surface area contributed by atoms with E-state index in [-0.39, 0.29) is 5.91 Å². The molecule has 0 aromatic carbocycles. The number of thiophene rings is 5. The van der Waals surface area contributed by atoms with E-state index >= 15 is 0 Å². The Morgan fingerprint density at radius 1 is 0.528 bits per heavy atom. The lowest BCUT2D eigenvalue weighted by Gasteiger charge is -2.16. The lowest BCUT2D eigenvalue weighted by atomic mass is 10.0. The van der Waals surface area contributed by atoms with Crippen molar-refractivity contribution in [3.8, 4) is 29.3 Å². The van der Waals surface area contributed by atoms with Crippen molar-refractivity contribution in [1.82, 2.24) is 4.90 Å². The van der Waals surface area contributed by atoms with Gasteiger partial charge in [-0.05, 0) is 81.3 Å². The molecule has 0 N–H and O–H groups in total. The second kappa shape index (κ2) is 20.4. The maximum absolute atomic E-state index is 14.2. The number of carbonyl (C=O) groups excluding carboxylic acids is 1. The standard InChI is InChI=1S/C46H63NOS5/c1-6-9-12-15-18-21-24-34-33(5)50-44-35(25-22-19-16-13-10-7-2)41(52-43(34)44)38-28-29-39(51-38)45-40-36(42(53-45)37-27-26-32(4)49-37)31-47(46(40)48)30-23-20-17-14-11-8-3/h26-29H,6-25,30-31H2,1-5H3. The van der Waals surface area contributed by atoms with Crippen molar-refractivity contribution in [1.29, 1.82) is 0 Å². The third kappa shape index (κ3) is 9.97. The fourth-order valence-corrected chi connectivity index (χ4v) is 14.5. The van der Waals surface area contributed by atoms with Gasteiger partial charge in [-0.15, -0.1) is 56.7 Å². The zero-order valence-electron chi connectivity index (χ0n) is 33.3. The molecular weight excluding hydrogens is 743 g/mol. The topological polar surface area (TPSA) is 20.3 Å². The smallest absolute Gasteiger partial charge is 0.256 e. The molecule has 0 radical (unpaired) electrons. The molecule has 1 aliphatic rings. The average Bonchev–Trinajstić information content (AvgIpc) is 4.00. The van der Waals surface area contributed by atoms with Crippen LogP contribution in [0.1, 0.15) is 173 Å². The molecule has 0 bridgehead atoms. The Morgan fingerprint density at radius 2 is 1.06 bits per heavy atom. The van der Waals surface area contributed by atoms with Crippen LogP contribution < -0.4 is 0 Å². The van der Waals surface area contributed by atoms with Gasteiger partial charge in [0.05, 0.1) is 15.3 Å². The molecule has 6 rings (SSSR count). The van der Waals surface area contributed by atoms with Gasteiger partial charge in [0.1, 0.15) is 0 Å². The molecule has 1 amide bonds. The molecule has 7 heteroatoms. The number of aryl methyl sites for hydroxylation is 4. The van der Waals surface area contributed by atoms with Crippen molar-refractivity contribution in [3.63, 3.8) is 0 Å². The number of amides is 1. The van der Waals surface area contributed by atoms with Crippen molar-refractivity contribution < 1.29 is 4.79 Å². The first-order valence-corrected chi connectivity index (χ1v) is 25.2. The van der Waals surface area contributed by atoms with Crippen molar-refractivity contribution in [2.45, 2.75) is 170 Å². The summed E-state index contributed by atoms with van der Waals surface area (Å²) in [4.78, 5) is 27.2. The van der Waals surface area contributed by atoms with Crippen LogP contribution in [0.2, 0.25) is 0 Å². The lowest BCUT2D eigenvalue weighted by Crippen LogP contribution is -2.25. The molecule has 1 aliphatic heterocycles. The van der Waals surface area contributed by atoms with E-state index in [9.17, 15) is 4.79 Å². The number of rotatable bonds is 24. The number of nitrogens with zero attached hydrogens (tertiary/aromatic N) is 1. The minimum Gasteiger partial charge on any atom is -0.334 e. The van der Waals surface area contributed by atoms with Gasteiger partial charge < -0.3 is 4.90 Å². The van der Waals surface area contributed by atoms with Crippen molar-refractivity contribution in [2.24, 2.45) is 0 Å². The van der Waals surface area contributed by atoms with Crippen LogP contribution in [0, 0.1) is 13.8 Å². The zero-order chi connectivity index (χ0) is 37.2. The molecule has 2 nitrogen and oxygen atoms in total. The minimum absolute atomic E-state index is 0.254. The monoisotopic (exact) mass is 805 g/mol. The molecule has 0 unspecified atom stereocenters. The Morgan fingerprint density at radius 3 is 1.68 bits per heavy atom. The van der Waals surface area contributed by atoms with E-state index in [0.29, 0.717) is 0 Å². The van der Waals surface area contributed by atoms with Gasteiger partial charge in [0.25, 0.3) is 5.91 Å². The van der Waals surface area contributed by atoms with Crippen LogP contribution in [0.25, 0.3) is 38.7 Å². The maximum atomic E-state index is 14.2. The molecule has 53 heavy (non-hydrogen) atoms. The summed E-state index contributed by atoms with van der Waals surface area (Å²) >= 11 is 9.81. The second-order valence-electron chi connectivity index (χ2n) is 15.4. The SMILES string of the molecule is CCCCCCCCc1c(C)sc2c(CCCCCCCC)c(-c3ccc(-c4sc(-c5ccc(C)s5)c5c4C(=O)N(CCCCCCCC)C5)s3)sc12. The van der Waals surface area contributed by atoms with Crippen LogP contribution in [0.3, 0.4) is 0 Å². The number of hydrogen-bond acceptors (Lipinski definition) is 6. The van der Waals surface area contributed by atoms with Gasteiger partial charge in [0.2, 0.25) is 0 Å². The predicted molar refractivity (Wildman–Crippen MR) is 241 cm³/mol. The quantitative estimate of drug-likeness (QED) is 0.0569. The first-order chi connectivity index (χ1) is 25.9. The van der Waals surface area contributed by atoms with Gasteiger partial charge in [0.15, 0.2) is 0 Å². The fraction of sp³-hybridized carbons (Fsp3) is 0.587. The van der Waals surface area contributed by atoms with Crippen LogP contribution >= 0.6 is 56.7 Å². The number of hydrogen-bond donors (Lipinski definition) is 0. The van der Waals surface area contributed by atoms with Gasteiger partial charge in [-0.3, -0.25) is 4.79 Å². The third-order valence-corrected chi connectivity index (χ3v) is 17.6. The Labute approximate surface area is 341 Å². The lowest BCUT2D eigenvalue weighted by molar-refractivity contribution is 0.0776. The van der Waals surface area contributed by atoms with Gasteiger partial charge >= 0.3 is 0 Å². The molecule has 0 saturated heterocycles. The molecular formula is C46H63NOS5. The van der Waals surface area contributed by atoms with Crippen molar-refractivity contribution in [2.75, 3.05) is 6.54 Å². The first-order valence-electron chi connectivity index (χ1n) is 21.1. The highest BCUT2D eigenvalue weighted by Crippen LogP contribution is 2.52. The van der Waals surface area contributed by atoms with Crippen LogP contribution in [-0.2, 0) is 19.4 Å². The average molecular weight is 806 g/mol. The first kappa shape index (κ1) is 40.9. The van der Waals surface area contributed by atoms with E-state index in [0.717, 1.165) is 25.1 Å². The summed E-state index contributed by atoms with van der Waals surface area (Å²) in [6.07, 6.45) is 26.0. The highest BCUT2D eigenvalue weighted by atomic mass is 32.1. The summed E-state index contributed by atoms with van der Waals surface area (Å²) < 4.78 is 3.14. The molecule has 0 fully saturated rings. The van der Waals surface area contributed by atoms with Crippen molar-refractivity contribution in [3.05, 3.63) is 56.3 Å². The van der Waals surface area contributed by atoms with Gasteiger partial charge in [-0.25, -0.2) is 0 Å². The fourth-order valence-electron chi connectivity index (χ4n) is 8.05. The predicted octanol–water partition coefficient (Wildman–Crippen LogP) is 16.9. The summed E-state index contributed by atoms with van der Waals surface area (Å²) in [7, 11) is 0. The molecule has 0 spiro atoms. The summed E-state index contributed by atoms with van der Waals surface area (Å²) in [5.41, 5.74) is 5.49. The number of carbonyl (C=O) groups is 1. The Bertz CT molecular complexity index is 1900. The number of unbranched alkanes of at least 4 members (excludes halogenated alkanes) is 15. The highest BCUT2D eigenvalue weighted by molar-refractivity contribution is 7.33. The summed E-state index contributed by atoms with van der Waals surface area (Å²) in [5.74, 6) is 0.254. The number of fused-ring (bicyclic) bond motifs is 2. The van der Waals surface area contributed by atoms with E-state index in [4.69, 9.17) is 0 Å². The van der Waals surface area contributed by atoms with E-state index in [1.54, 1.807) is 20.5 Å². The van der Waals surface area contributed by atoms with Crippen molar-refractivity contribution >= 4 is 72.0 Å². The van der Waals surface area contributed by atoms with Gasteiger partial charge in [0, 0.05) is 57.3 Å². The normalized spacial score (nSPS) is 13.0. The second-order valence-corrected chi connectivity index (χ2v) is 21.1. The largest absolute Gasteiger partial charge is 0.334 e. The molecule has 288 valence electrons. The summed E-state index contributed by atoms with van der Waals surface area (Å²) in [6.45, 7) is 13.1. The third-order valence-electron chi connectivity index (χ3n) is 11.1. The summed E-state index contributed by atoms with van der Waals surface area (Å²) in [6, 6.07) is 9.23. The van der Waals surface area contributed by atoms with Crippen LogP contribution in [0.5, 0.6) is 0 Å². The van der Waals surface area contributed by atoms with Gasteiger partial charge in [-0.2, -0.15) is 0 Å². The van der Waals surface area contributed by atoms with E-state index < -0.39 is 0 Å².